The molecule has 0 bridgehead atoms. The van der Waals surface area contributed by atoms with Crippen LogP contribution in [0, 0.1) is 5.92 Å². The molecule has 0 amide bonds. The van der Waals surface area contributed by atoms with Crippen molar-refractivity contribution in [2.24, 2.45) is 11.7 Å². The first-order valence-corrected chi connectivity index (χ1v) is 6.81. The third kappa shape index (κ3) is 3.85. The van der Waals surface area contributed by atoms with Gasteiger partial charge in [-0.3, -0.25) is 4.90 Å². The molecule has 0 heterocycles. The van der Waals surface area contributed by atoms with Gasteiger partial charge in [0.1, 0.15) is 6.04 Å². The van der Waals surface area contributed by atoms with Crippen molar-refractivity contribution >= 4 is 0 Å². The van der Waals surface area contributed by atoms with E-state index in [0.29, 0.717) is 12.3 Å². The first-order chi connectivity index (χ1) is 8.27. The van der Waals surface area contributed by atoms with Crippen LogP contribution in [0.15, 0.2) is 0 Å². The van der Waals surface area contributed by atoms with Gasteiger partial charge < -0.3 is 5.73 Å². The molecule has 0 aromatic rings. The van der Waals surface area contributed by atoms with Crippen LogP contribution in [0.5, 0.6) is 0 Å². The maximum absolute atomic E-state index is 13.1. The first-order valence-electron chi connectivity index (χ1n) is 6.81. The lowest BCUT2D eigenvalue weighted by atomic mass is 9.85. The fourth-order valence-electron chi connectivity index (χ4n) is 2.88. The molecule has 0 spiro atoms. The molecule has 1 fully saturated rings. The minimum Gasteiger partial charge on any atom is -0.326 e. The van der Waals surface area contributed by atoms with Gasteiger partial charge in [-0.1, -0.05) is 13.8 Å². The zero-order valence-corrected chi connectivity index (χ0v) is 11.5. The average Bonchev–Trinajstić information content (AvgIpc) is 2.27. The van der Waals surface area contributed by atoms with Gasteiger partial charge in [0.15, 0.2) is 0 Å². The highest BCUT2D eigenvalue weighted by Gasteiger charge is 2.47. The minimum atomic E-state index is -4.24. The maximum Gasteiger partial charge on any atom is 0.405 e. The Bertz CT molecular complexity index is 247. The van der Waals surface area contributed by atoms with Gasteiger partial charge in [-0.2, -0.15) is 13.2 Å². The van der Waals surface area contributed by atoms with Crippen molar-refractivity contribution in [3.05, 3.63) is 0 Å². The number of nitrogens with zero attached hydrogens (tertiary/aromatic N) is 1. The molecular formula is C13H25F3N2. The summed E-state index contributed by atoms with van der Waals surface area (Å²) in [7, 11) is 1.58. The molecular weight excluding hydrogens is 241 g/mol. The second-order valence-electron chi connectivity index (χ2n) is 5.64. The monoisotopic (exact) mass is 266 g/mol. The molecule has 1 aliphatic carbocycles. The third-order valence-corrected chi connectivity index (χ3v) is 4.21. The minimum absolute atomic E-state index is 0.0189. The summed E-state index contributed by atoms with van der Waals surface area (Å²) in [4.78, 5) is 1.47. The Morgan fingerprint density at radius 2 is 1.72 bits per heavy atom. The highest BCUT2D eigenvalue weighted by Crippen LogP contribution is 2.33. The Labute approximate surface area is 108 Å². The summed E-state index contributed by atoms with van der Waals surface area (Å²) in [5, 5.41) is 0. The quantitative estimate of drug-likeness (QED) is 0.847. The first kappa shape index (κ1) is 15.8. The molecule has 0 saturated heterocycles. The fraction of sp³-hybridized carbons (Fsp3) is 1.00. The van der Waals surface area contributed by atoms with Gasteiger partial charge in [-0.25, -0.2) is 0 Å². The molecule has 2 atom stereocenters. The fourth-order valence-corrected chi connectivity index (χ4v) is 2.88. The molecule has 0 aromatic heterocycles. The summed E-state index contributed by atoms with van der Waals surface area (Å²) < 4.78 is 39.4. The topological polar surface area (TPSA) is 29.3 Å². The van der Waals surface area contributed by atoms with E-state index in [9.17, 15) is 13.2 Å². The van der Waals surface area contributed by atoms with Crippen molar-refractivity contribution in [3.63, 3.8) is 0 Å². The molecule has 2 N–H and O–H groups in total. The van der Waals surface area contributed by atoms with E-state index in [1.165, 1.54) is 4.90 Å². The number of hydrogen-bond donors (Lipinski definition) is 1. The predicted molar refractivity (Wildman–Crippen MR) is 67.3 cm³/mol. The Morgan fingerprint density at radius 3 is 2.11 bits per heavy atom. The van der Waals surface area contributed by atoms with E-state index in [2.05, 4.69) is 6.92 Å². The predicted octanol–water partition coefficient (Wildman–Crippen LogP) is 3.17. The lowest BCUT2D eigenvalue weighted by Gasteiger charge is -2.41. The van der Waals surface area contributed by atoms with E-state index < -0.39 is 18.3 Å². The summed E-state index contributed by atoms with van der Waals surface area (Å²) in [5.74, 6) is 0.638. The van der Waals surface area contributed by atoms with Crippen LogP contribution in [-0.2, 0) is 0 Å². The Hall–Kier alpha value is -0.290. The van der Waals surface area contributed by atoms with Crippen LogP contribution in [0.25, 0.3) is 0 Å². The van der Waals surface area contributed by atoms with Gasteiger partial charge in [-0.05, 0) is 45.1 Å². The van der Waals surface area contributed by atoms with Crippen LogP contribution in [-0.4, -0.2) is 36.2 Å². The maximum atomic E-state index is 13.1. The van der Waals surface area contributed by atoms with Crippen molar-refractivity contribution < 1.29 is 13.2 Å². The molecule has 0 aromatic carbocycles. The molecule has 108 valence electrons. The van der Waals surface area contributed by atoms with Crippen molar-refractivity contribution in [1.29, 1.82) is 0 Å². The molecule has 18 heavy (non-hydrogen) atoms. The number of halogens is 3. The van der Waals surface area contributed by atoms with Crippen LogP contribution < -0.4 is 5.73 Å². The highest BCUT2D eigenvalue weighted by molar-refractivity contribution is 4.90. The molecule has 1 saturated carbocycles. The van der Waals surface area contributed by atoms with Gasteiger partial charge in [0.25, 0.3) is 0 Å². The van der Waals surface area contributed by atoms with E-state index in [1.807, 2.05) is 0 Å². The van der Waals surface area contributed by atoms with Crippen molar-refractivity contribution in [2.45, 2.75) is 70.3 Å². The summed E-state index contributed by atoms with van der Waals surface area (Å²) in [6.07, 6.45) is -0.172. The number of rotatable bonds is 4. The number of hydrogen-bond acceptors (Lipinski definition) is 2. The highest BCUT2D eigenvalue weighted by atomic mass is 19.4. The summed E-state index contributed by atoms with van der Waals surface area (Å²) in [6.45, 7) is 3.87. The Balaban J connectivity index is 2.73. The number of nitrogens with two attached hydrogens (primary N) is 1. The van der Waals surface area contributed by atoms with E-state index in [-0.39, 0.29) is 6.04 Å². The Kier molecular flexibility index (Phi) is 5.46. The molecule has 2 unspecified atom stereocenters. The summed E-state index contributed by atoms with van der Waals surface area (Å²) in [6, 6.07) is -2.33. The summed E-state index contributed by atoms with van der Waals surface area (Å²) >= 11 is 0. The molecule has 0 radical (unpaired) electrons. The standard InChI is InChI=1S/C13H25F3N2/c1-4-11(17)12(13(14,15)16)18(3)10-7-5-9(2)6-8-10/h9-12H,4-8,17H2,1-3H3. The molecule has 0 aliphatic heterocycles. The van der Waals surface area contributed by atoms with Crippen LogP contribution in [0.1, 0.15) is 46.0 Å². The van der Waals surface area contributed by atoms with E-state index in [4.69, 9.17) is 5.73 Å². The molecule has 1 aliphatic rings. The second kappa shape index (κ2) is 6.24. The zero-order chi connectivity index (χ0) is 13.9. The lowest BCUT2D eigenvalue weighted by Crippen LogP contribution is -2.57. The summed E-state index contributed by atoms with van der Waals surface area (Å²) in [5.41, 5.74) is 5.68. The van der Waals surface area contributed by atoms with Gasteiger partial charge in [0, 0.05) is 12.1 Å². The van der Waals surface area contributed by atoms with Crippen LogP contribution >= 0.6 is 0 Å². The van der Waals surface area contributed by atoms with Gasteiger partial charge in [0.05, 0.1) is 0 Å². The number of likely N-dealkylation sites (N-methyl/N-ethyl adjacent to an activating group) is 1. The average molecular weight is 266 g/mol. The largest absolute Gasteiger partial charge is 0.405 e. The van der Waals surface area contributed by atoms with Gasteiger partial charge in [0.2, 0.25) is 0 Å². The third-order valence-electron chi connectivity index (χ3n) is 4.21. The van der Waals surface area contributed by atoms with Crippen molar-refractivity contribution in [3.8, 4) is 0 Å². The molecule has 1 rings (SSSR count). The number of alkyl halides is 3. The SMILES string of the molecule is CCC(N)C(N(C)C1CCC(C)CC1)C(F)(F)F. The lowest BCUT2D eigenvalue weighted by molar-refractivity contribution is -0.193. The van der Waals surface area contributed by atoms with Crippen molar-refractivity contribution in [2.75, 3.05) is 7.05 Å². The normalized spacial score (nSPS) is 29.3. The molecule has 2 nitrogen and oxygen atoms in total. The van der Waals surface area contributed by atoms with Crippen LogP contribution in [0.3, 0.4) is 0 Å². The van der Waals surface area contributed by atoms with Crippen LogP contribution in [0.4, 0.5) is 13.2 Å². The molecule has 5 heteroatoms. The van der Waals surface area contributed by atoms with Gasteiger partial charge >= 0.3 is 6.18 Å². The van der Waals surface area contributed by atoms with E-state index >= 15 is 0 Å². The Morgan fingerprint density at radius 1 is 1.22 bits per heavy atom. The van der Waals surface area contributed by atoms with Crippen molar-refractivity contribution in [1.82, 2.24) is 4.90 Å². The van der Waals surface area contributed by atoms with E-state index in [0.717, 1.165) is 25.7 Å². The smallest absolute Gasteiger partial charge is 0.326 e. The van der Waals surface area contributed by atoms with Crippen LogP contribution in [0.2, 0.25) is 0 Å². The van der Waals surface area contributed by atoms with E-state index in [1.54, 1.807) is 14.0 Å². The van der Waals surface area contributed by atoms with Gasteiger partial charge in [-0.15, -0.1) is 0 Å². The zero-order valence-electron chi connectivity index (χ0n) is 11.5. The second-order valence-corrected chi connectivity index (χ2v) is 5.64.